The van der Waals surface area contributed by atoms with Crippen molar-refractivity contribution in [2.45, 2.75) is 86.0 Å². The van der Waals surface area contributed by atoms with Crippen LogP contribution in [0.15, 0.2) is 0 Å². The van der Waals surface area contributed by atoms with Crippen molar-refractivity contribution in [2.75, 3.05) is 198 Å². The van der Waals surface area contributed by atoms with E-state index in [1.807, 2.05) is 67.2 Å². The number of hydrogen-bond donors (Lipinski definition) is 7. The number of esters is 1. The van der Waals surface area contributed by atoms with Gasteiger partial charge in [-0.05, 0) is 90.5 Å². The van der Waals surface area contributed by atoms with Crippen molar-refractivity contribution in [1.29, 1.82) is 0 Å². The van der Waals surface area contributed by atoms with E-state index in [9.17, 15) is 14.4 Å². The average molecular weight is 1020 g/mol. The van der Waals surface area contributed by atoms with E-state index in [2.05, 4.69) is 90.4 Å². The lowest BCUT2D eigenvalue weighted by Gasteiger charge is -2.28. The molecule has 0 saturated carbocycles. The van der Waals surface area contributed by atoms with Crippen molar-refractivity contribution in [3.8, 4) is 0 Å². The molecule has 0 bridgehead atoms. The lowest BCUT2D eigenvalue weighted by molar-refractivity contribution is -0.151. The van der Waals surface area contributed by atoms with Gasteiger partial charge in [0.25, 0.3) is 0 Å². The number of halogens is 2. The molecule has 0 spiro atoms. The average Bonchev–Trinajstić information content (AvgIpc) is 3.54. The second-order valence-electron chi connectivity index (χ2n) is 19.7. The summed E-state index contributed by atoms with van der Waals surface area (Å²) in [6, 6.07) is 0. The van der Waals surface area contributed by atoms with Crippen LogP contribution in [0.3, 0.4) is 0 Å². The number of nitrogens with zero attached hydrogens (tertiary/aromatic N) is 6. The van der Waals surface area contributed by atoms with Crippen molar-refractivity contribution in [3.63, 3.8) is 0 Å². The fraction of sp³-hybridized carbons (Fsp3) is 0.935. The minimum absolute atomic E-state index is 0.194. The molecule has 408 valence electrons. The fourth-order valence-electron chi connectivity index (χ4n) is 5.81. The zero-order chi connectivity index (χ0) is 52.4. The molecule has 0 atom stereocenters. The number of hydrogen-bond acceptors (Lipinski definition) is 18. The lowest BCUT2D eigenvalue weighted by Crippen LogP contribution is -2.42. The number of nitrogens with two attached hydrogens (primary N) is 1. The van der Waals surface area contributed by atoms with Gasteiger partial charge in [0.05, 0.1) is 12.4 Å². The molecular weight excluding hydrogens is 917 g/mol. The van der Waals surface area contributed by atoms with Crippen molar-refractivity contribution < 1.29 is 33.4 Å². The minimum atomic E-state index is -0.423. The molecule has 68 heavy (non-hydrogen) atoms. The van der Waals surface area contributed by atoms with Crippen LogP contribution in [0.5, 0.6) is 0 Å². The molecule has 0 aliphatic carbocycles. The molecule has 0 unspecified atom stereocenters. The standard InChI is InChI=1S/C13H27N3O2.C11H23N3O2.C8H19N3.C6H15N3.C6H12O2.CH2Cl2.CH5NO/c1-13(2,3)18-12(17)16-10-8-14(4)6-7-15(5)9-11-16;1-11(2,3)16-10(15)14-8-6-12-4-5-13-7-9-14;1-10-5-3-9-4-6-11(2)8-7-10;1-2-8-5-6-9-4-3-7-1;1-5(7)8-6(2,3)4;2-1-3;1-3-2/h6-11H2,1-5H3;12-13H,4-9H2,1-3H3;9H,3-8H2,1-2H3;7-9H,1-6H2;1-4H3;1H2;2H2,1H3. The maximum Gasteiger partial charge on any atom is 0.410 e. The third-order valence-electron chi connectivity index (χ3n) is 9.36. The Balaban J connectivity index is -0.000000774. The van der Waals surface area contributed by atoms with Crippen molar-refractivity contribution in [2.24, 2.45) is 5.90 Å². The molecule has 0 aromatic carbocycles. The Kier molecular flexibility index (Phi) is 45.4. The fourth-order valence-corrected chi connectivity index (χ4v) is 5.81. The van der Waals surface area contributed by atoms with Gasteiger partial charge in [0.15, 0.2) is 0 Å². The Morgan fingerprint density at radius 1 is 0.426 bits per heavy atom. The van der Waals surface area contributed by atoms with Gasteiger partial charge in [0.1, 0.15) is 16.8 Å². The van der Waals surface area contributed by atoms with Crippen LogP contribution in [-0.2, 0) is 23.8 Å². The highest BCUT2D eigenvalue weighted by molar-refractivity contribution is 6.40. The van der Waals surface area contributed by atoms with Crippen LogP contribution in [-0.4, -0.2) is 262 Å². The summed E-state index contributed by atoms with van der Waals surface area (Å²) in [5, 5.41) is 20.0. The van der Waals surface area contributed by atoms with Crippen LogP contribution in [0.25, 0.3) is 0 Å². The van der Waals surface area contributed by atoms with E-state index in [-0.39, 0.29) is 29.1 Å². The van der Waals surface area contributed by atoms with Crippen molar-refractivity contribution in [3.05, 3.63) is 0 Å². The minimum Gasteiger partial charge on any atom is -0.460 e. The molecule has 20 nitrogen and oxygen atoms in total. The summed E-state index contributed by atoms with van der Waals surface area (Å²) < 4.78 is 15.6. The zero-order valence-electron chi connectivity index (χ0n) is 45.6. The van der Waals surface area contributed by atoms with Crippen molar-refractivity contribution in [1.82, 2.24) is 61.3 Å². The van der Waals surface area contributed by atoms with E-state index in [0.717, 1.165) is 118 Å². The molecule has 0 radical (unpaired) electrons. The zero-order valence-corrected chi connectivity index (χ0v) is 47.1. The second-order valence-corrected chi connectivity index (χ2v) is 20.5. The Hall–Kier alpha value is -1.89. The molecule has 8 N–H and O–H groups in total. The van der Waals surface area contributed by atoms with Crippen LogP contribution in [0.2, 0.25) is 0 Å². The molecule has 4 fully saturated rings. The van der Waals surface area contributed by atoms with Crippen LogP contribution in [0, 0.1) is 0 Å². The Morgan fingerprint density at radius 2 is 0.632 bits per heavy atom. The first-order valence-corrected chi connectivity index (χ1v) is 25.4. The summed E-state index contributed by atoms with van der Waals surface area (Å²) >= 11 is 9.53. The van der Waals surface area contributed by atoms with Crippen LogP contribution in [0.1, 0.15) is 69.2 Å². The van der Waals surface area contributed by atoms with E-state index in [0.29, 0.717) is 13.1 Å². The summed E-state index contributed by atoms with van der Waals surface area (Å²) in [6.45, 7) is 42.2. The molecule has 0 aromatic rings. The van der Waals surface area contributed by atoms with E-state index in [4.69, 9.17) is 37.4 Å². The molecule has 0 aromatic heterocycles. The van der Waals surface area contributed by atoms with Gasteiger partial charge >= 0.3 is 18.2 Å². The largest absolute Gasteiger partial charge is 0.460 e. The second kappa shape index (κ2) is 43.9. The summed E-state index contributed by atoms with van der Waals surface area (Å²) in [5.74, 6) is 4.12. The van der Waals surface area contributed by atoms with Gasteiger partial charge in [-0.2, -0.15) is 0 Å². The summed E-state index contributed by atoms with van der Waals surface area (Å²) in [7, 11) is 9.94. The highest BCUT2D eigenvalue weighted by atomic mass is 35.5. The Bertz CT molecular complexity index is 1140. The SMILES string of the molecule is C1CNCCNCCN1.CC(=O)OC(C)(C)C.CC(C)(C)OC(=O)N1CCNCCNCC1.CN1CCN(C)CCN(C(=O)OC(C)(C)C)CC1.CN1CCNCCN(C)CC1.CON.ClCCl. The monoisotopic (exact) mass is 1020 g/mol. The van der Waals surface area contributed by atoms with Crippen molar-refractivity contribution >= 4 is 41.4 Å². The normalized spacial score (nSPS) is 19.3. The van der Waals surface area contributed by atoms with Gasteiger partial charge < -0.3 is 80.3 Å². The van der Waals surface area contributed by atoms with Gasteiger partial charge in [-0.15, -0.1) is 23.2 Å². The highest BCUT2D eigenvalue weighted by Crippen LogP contribution is 2.11. The van der Waals surface area contributed by atoms with E-state index < -0.39 is 11.2 Å². The van der Waals surface area contributed by atoms with Gasteiger partial charge in [-0.1, -0.05) is 0 Å². The molecular formula is C46H103Cl2N13O7. The van der Waals surface area contributed by atoms with E-state index in [1.165, 1.54) is 40.2 Å². The first kappa shape index (κ1) is 70.4. The molecule has 2 amide bonds. The number of carbonyl (C=O) groups excluding carboxylic acids is 3. The summed E-state index contributed by atoms with van der Waals surface area (Å²) in [5.41, 5.74) is -1.17. The highest BCUT2D eigenvalue weighted by Gasteiger charge is 2.24. The molecule has 4 rings (SSSR count). The van der Waals surface area contributed by atoms with Gasteiger partial charge in [0, 0.05) is 164 Å². The maximum atomic E-state index is 12.1. The van der Waals surface area contributed by atoms with Gasteiger partial charge in [0.2, 0.25) is 0 Å². The predicted octanol–water partition coefficient (Wildman–Crippen LogP) is 2.01. The number of nitrogens with one attached hydrogen (secondary N) is 6. The van der Waals surface area contributed by atoms with Crippen LogP contribution >= 0.6 is 23.2 Å². The third-order valence-corrected chi connectivity index (χ3v) is 9.36. The number of amides is 2. The lowest BCUT2D eigenvalue weighted by atomic mass is 10.2. The Morgan fingerprint density at radius 3 is 0.882 bits per heavy atom. The van der Waals surface area contributed by atoms with E-state index >= 15 is 0 Å². The molecule has 22 heteroatoms. The summed E-state index contributed by atoms with van der Waals surface area (Å²) in [6.07, 6.45) is -0.427. The molecule has 4 heterocycles. The number of alkyl halides is 2. The van der Waals surface area contributed by atoms with Gasteiger partial charge in [-0.25, -0.2) is 15.5 Å². The first-order chi connectivity index (χ1) is 31.8. The summed E-state index contributed by atoms with van der Waals surface area (Å²) in [4.78, 5) is 50.7. The first-order valence-electron chi connectivity index (χ1n) is 24.3. The topological polar surface area (TPSA) is 206 Å². The smallest absolute Gasteiger partial charge is 0.410 e. The third kappa shape index (κ3) is 53.5. The molecule has 4 saturated heterocycles. The van der Waals surface area contributed by atoms with Crippen LogP contribution in [0.4, 0.5) is 9.59 Å². The quantitative estimate of drug-likeness (QED) is 0.0803. The molecule has 4 aliphatic rings. The Labute approximate surface area is 424 Å². The number of carbonyl (C=O) groups is 3. The number of likely N-dealkylation sites (N-methyl/N-ethyl adjacent to an activating group) is 4. The molecule has 4 aliphatic heterocycles. The van der Waals surface area contributed by atoms with Gasteiger partial charge in [-0.3, -0.25) is 4.79 Å². The van der Waals surface area contributed by atoms with Crippen LogP contribution < -0.4 is 37.8 Å². The number of ether oxygens (including phenoxy) is 3. The van der Waals surface area contributed by atoms with E-state index in [1.54, 1.807) is 4.90 Å². The predicted molar refractivity (Wildman–Crippen MR) is 282 cm³/mol. The number of rotatable bonds is 0. The maximum absolute atomic E-state index is 12.1.